The summed E-state index contributed by atoms with van der Waals surface area (Å²) in [6, 6.07) is 0. The van der Waals surface area contributed by atoms with Gasteiger partial charge in [0.05, 0.1) is 31.0 Å². The lowest BCUT2D eigenvalue weighted by atomic mass is 9.43. The molecule has 11 heteroatoms. The Kier molecular flexibility index (Phi) is 11.8. The molecule has 53 heavy (non-hydrogen) atoms. The molecule has 0 bridgehead atoms. The maximum absolute atomic E-state index is 14.2. The van der Waals surface area contributed by atoms with E-state index in [1.807, 2.05) is 0 Å². The van der Waals surface area contributed by atoms with Crippen molar-refractivity contribution in [3.05, 3.63) is 23.3 Å². The van der Waals surface area contributed by atoms with E-state index in [0.717, 1.165) is 50.5 Å². The van der Waals surface area contributed by atoms with Crippen molar-refractivity contribution < 1.29 is 54.1 Å². The Morgan fingerprint density at radius 1 is 0.925 bits per heavy atom. The van der Waals surface area contributed by atoms with Crippen molar-refractivity contribution >= 4 is 17.9 Å². The lowest BCUT2D eigenvalue weighted by molar-refractivity contribution is -0.265. The van der Waals surface area contributed by atoms with Gasteiger partial charge in [-0.15, -0.1) is 0 Å². The van der Waals surface area contributed by atoms with E-state index in [2.05, 4.69) is 55.0 Å². The summed E-state index contributed by atoms with van der Waals surface area (Å²) in [5.41, 5.74) is 1.65. The lowest BCUT2D eigenvalue weighted by Crippen LogP contribution is -2.56. The third kappa shape index (κ3) is 7.63. The summed E-state index contributed by atoms with van der Waals surface area (Å²) in [5, 5.41) is 50.5. The molecule has 3 fully saturated rings. The van der Waals surface area contributed by atoms with Crippen LogP contribution in [0.25, 0.3) is 0 Å². The molecule has 1 unspecified atom stereocenters. The second kappa shape index (κ2) is 15.0. The third-order valence-corrected chi connectivity index (χ3v) is 15.2. The van der Waals surface area contributed by atoms with Crippen LogP contribution in [0.1, 0.15) is 132 Å². The number of carbonyl (C=O) groups excluding carboxylic acids is 2. The van der Waals surface area contributed by atoms with Crippen LogP contribution >= 0.6 is 0 Å². The first-order valence-electron chi connectivity index (χ1n) is 19.9. The minimum Gasteiger partial charge on any atom is -0.481 e. The van der Waals surface area contributed by atoms with Gasteiger partial charge in [0.1, 0.15) is 24.4 Å². The first-order valence-corrected chi connectivity index (χ1v) is 19.9. The first-order chi connectivity index (χ1) is 24.5. The number of carboxylic acid groups (broad SMARTS) is 1. The number of allylic oxidation sites excluding steroid dienone is 3. The van der Waals surface area contributed by atoms with Crippen molar-refractivity contribution in [2.45, 2.75) is 169 Å². The number of fused-ring (bicyclic) bond motifs is 4. The molecule has 300 valence electrons. The maximum Gasteiger partial charge on any atom is 0.311 e. The average Bonchev–Trinajstić information content (AvgIpc) is 3.32. The van der Waals surface area contributed by atoms with Gasteiger partial charge in [0, 0.05) is 5.41 Å². The quantitative estimate of drug-likeness (QED) is 0.119. The molecule has 5 aliphatic rings. The highest BCUT2D eigenvalue weighted by molar-refractivity contribution is 5.74. The van der Waals surface area contributed by atoms with Crippen molar-refractivity contribution in [1.82, 2.24) is 0 Å². The van der Waals surface area contributed by atoms with Crippen LogP contribution in [0.15, 0.2) is 23.3 Å². The van der Waals surface area contributed by atoms with Gasteiger partial charge in [-0.1, -0.05) is 71.8 Å². The Hall–Kier alpha value is -2.31. The van der Waals surface area contributed by atoms with Crippen molar-refractivity contribution in [2.24, 2.45) is 45.3 Å². The molecule has 0 spiro atoms. The Labute approximate surface area is 315 Å². The van der Waals surface area contributed by atoms with Crippen LogP contribution in [-0.2, 0) is 28.6 Å². The largest absolute Gasteiger partial charge is 0.481 e. The number of esters is 2. The molecule has 12 atom stereocenters. The summed E-state index contributed by atoms with van der Waals surface area (Å²) in [7, 11) is 0. The topological polar surface area (TPSA) is 180 Å². The normalized spacial score (nSPS) is 39.6. The minimum atomic E-state index is -1.68. The van der Waals surface area contributed by atoms with E-state index in [9.17, 15) is 34.8 Å². The zero-order valence-electron chi connectivity index (χ0n) is 33.3. The monoisotopic (exact) mass is 746 g/mol. The van der Waals surface area contributed by atoms with Crippen LogP contribution in [0.2, 0.25) is 0 Å². The van der Waals surface area contributed by atoms with Gasteiger partial charge in [-0.05, 0) is 105 Å². The number of ether oxygens (including phenoxy) is 3. The molecule has 1 aliphatic heterocycles. The summed E-state index contributed by atoms with van der Waals surface area (Å²) < 4.78 is 17.4. The molecule has 2 saturated carbocycles. The summed E-state index contributed by atoms with van der Waals surface area (Å²) in [5.74, 6) is -2.12. The van der Waals surface area contributed by atoms with Gasteiger partial charge in [-0.25, -0.2) is 0 Å². The van der Waals surface area contributed by atoms with E-state index in [4.69, 9.17) is 19.3 Å². The molecule has 0 radical (unpaired) electrons. The van der Waals surface area contributed by atoms with Crippen LogP contribution in [0.5, 0.6) is 0 Å². The summed E-state index contributed by atoms with van der Waals surface area (Å²) in [6.07, 6.45) is 1.35. The van der Waals surface area contributed by atoms with E-state index in [1.165, 1.54) is 18.1 Å². The second-order valence-electron chi connectivity index (χ2n) is 19.1. The molecular formula is C42H66O11. The molecule has 0 aromatic carbocycles. The van der Waals surface area contributed by atoms with Gasteiger partial charge >= 0.3 is 17.9 Å². The number of hydrogen-bond acceptors (Lipinski definition) is 10. The van der Waals surface area contributed by atoms with E-state index in [0.29, 0.717) is 19.3 Å². The summed E-state index contributed by atoms with van der Waals surface area (Å²) >= 11 is 0. The third-order valence-electron chi connectivity index (χ3n) is 15.2. The predicted molar refractivity (Wildman–Crippen MR) is 197 cm³/mol. The highest BCUT2D eigenvalue weighted by Gasteiger charge is 2.65. The van der Waals surface area contributed by atoms with Gasteiger partial charge in [0.25, 0.3) is 0 Å². The fraction of sp³-hybridized carbons (Fsp3) is 0.833. The van der Waals surface area contributed by atoms with Gasteiger partial charge < -0.3 is 39.7 Å². The van der Waals surface area contributed by atoms with Gasteiger partial charge in [0.2, 0.25) is 6.29 Å². The zero-order valence-corrected chi connectivity index (χ0v) is 33.3. The second-order valence-corrected chi connectivity index (χ2v) is 19.1. The van der Waals surface area contributed by atoms with Crippen LogP contribution in [0.3, 0.4) is 0 Å². The molecule has 1 saturated heterocycles. The number of hydrogen-bond donors (Lipinski definition) is 5. The highest BCUT2D eigenvalue weighted by atomic mass is 16.7. The standard InChI is InChI=1S/C42H66O11/c1-23(2)24(3)10-11-25(36(49)53-37-35(48)34(47)29(43)22-51-37)26-14-18-42(9)28-12-13-30-38(4,5)31(52-33(46)21-39(6,50)20-32(44)45)16-17-40(30,7)27(28)15-19-41(26,42)8/h23,25-26,29-31,34-35,37,43,47-48,50H,3,10-22H2,1-2,4-9H3,(H,44,45)/t25-,26-,29-,30+,31-,34+,35-,37+,39?,40-,41-,42+/m1/s1. The number of carbonyl (C=O) groups is 3. The summed E-state index contributed by atoms with van der Waals surface area (Å²) in [4.78, 5) is 38.4. The molecule has 5 N–H and O–H groups in total. The van der Waals surface area contributed by atoms with Crippen LogP contribution in [0.4, 0.5) is 0 Å². The Balaban J connectivity index is 1.38. The van der Waals surface area contributed by atoms with E-state index in [1.54, 1.807) is 0 Å². The molecule has 1 heterocycles. The number of aliphatic carboxylic acids is 1. The molecule has 0 aromatic rings. The molecule has 4 aliphatic carbocycles. The van der Waals surface area contributed by atoms with Crippen molar-refractivity contribution in [2.75, 3.05) is 6.61 Å². The molecule has 0 amide bonds. The van der Waals surface area contributed by atoms with E-state index < -0.39 is 60.4 Å². The minimum absolute atomic E-state index is 0.0146. The van der Waals surface area contributed by atoms with Crippen LogP contribution in [-0.4, -0.2) is 86.4 Å². The Bertz CT molecular complexity index is 1460. The fourth-order valence-electron chi connectivity index (χ4n) is 11.7. The average molecular weight is 747 g/mol. The smallest absolute Gasteiger partial charge is 0.311 e. The first kappa shape index (κ1) is 41.8. The maximum atomic E-state index is 14.2. The zero-order chi connectivity index (χ0) is 39.5. The SMILES string of the molecule is C=C(CC[C@@H](C(=O)O[C@@H]1OC[C@@H](O)[C@H](O)[C@H]1O)[C@H]1CC[C@@]2(C)C3=C(CC[C@]12C)[C@@]1(C)CC[C@@H](OC(=O)CC(C)(O)CC(=O)O)C(C)(C)[C@@H]1CC3)C(C)C. The molecule has 0 aromatic heterocycles. The Morgan fingerprint density at radius 2 is 1.60 bits per heavy atom. The highest BCUT2D eigenvalue weighted by Crippen LogP contribution is 2.72. The van der Waals surface area contributed by atoms with Gasteiger partial charge in [-0.3, -0.25) is 14.4 Å². The lowest BCUT2D eigenvalue weighted by Gasteiger charge is -2.62. The van der Waals surface area contributed by atoms with Crippen molar-refractivity contribution in [1.29, 1.82) is 0 Å². The fourth-order valence-corrected chi connectivity index (χ4v) is 11.7. The van der Waals surface area contributed by atoms with Crippen molar-refractivity contribution in [3.8, 4) is 0 Å². The number of aliphatic hydroxyl groups is 4. The summed E-state index contributed by atoms with van der Waals surface area (Å²) in [6.45, 7) is 21.1. The number of rotatable bonds is 12. The van der Waals surface area contributed by atoms with Crippen LogP contribution in [0, 0.1) is 45.3 Å². The number of carboxylic acids is 1. The molecule has 11 nitrogen and oxygen atoms in total. The van der Waals surface area contributed by atoms with Crippen LogP contribution < -0.4 is 0 Å². The van der Waals surface area contributed by atoms with E-state index in [-0.39, 0.29) is 58.5 Å². The van der Waals surface area contributed by atoms with Gasteiger partial charge in [-0.2, -0.15) is 0 Å². The molecular weight excluding hydrogens is 680 g/mol. The van der Waals surface area contributed by atoms with Crippen molar-refractivity contribution in [3.63, 3.8) is 0 Å². The number of aliphatic hydroxyl groups excluding tert-OH is 3. The Morgan fingerprint density at radius 3 is 2.25 bits per heavy atom. The van der Waals surface area contributed by atoms with Gasteiger partial charge in [0.15, 0.2) is 0 Å². The predicted octanol–water partition coefficient (Wildman–Crippen LogP) is 5.85. The molecule has 5 rings (SSSR count). The van der Waals surface area contributed by atoms with E-state index >= 15 is 0 Å².